The Hall–Kier alpha value is 0.0500. The molecule has 1 aromatic rings. The molecular formula is C11H15BrS. The maximum atomic E-state index is 3.44. The topological polar surface area (TPSA) is 0 Å². The van der Waals surface area contributed by atoms with Crippen LogP contribution in [-0.2, 0) is 6.42 Å². The highest BCUT2D eigenvalue weighted by atomic mass is 79.9. The molecule has 0 fully saturated rings. The van der Waals surface area contributed by atoms with Crippen molar-refractivity contribution in [1.29, 1.82) is 0 Å². The van der Waals surface area contributed by atoms with Gasteiger partial charge in [-0.1, -0.05) is 41.9 Å². The third-order valence-electron chi connectivity index (χ3n) is 1.68. The van der Waals surface area contributed by atoms with Crippen molar-refractivity contribution in [2.24, 2.45) is 0 Å². The van der Waals surface area contributed by atoms with Gasteiger partial charge < -0.3 is 0 Å². The van der Waals surface area contributed by atoms with E-state index in [1.807, 2.05) is 11.8 Å². The monoisotopic (exact) mass is 258 g/mol. The number of alkyl halides is 1. The summed E-state index contributed by atoms with van der Waals surface area (Å²) >= 11 is 5.35. The number of benzene rings is 1. The number of halogens is 1. The largest absolute Gasteiger partial charge is 0.123 e. The van der Waals surface area contributed by atoms with E-state index >= 15 is 0 Å². The smallest absolute Gasteiger partial charge is 0.00747 e. The summed E-state index contributed by atoms with van der Waals surface area (Å²) in [7, 11) is 0. The minimum absolute atomic E-state index is 0.669. The van der Waals surface area contributed by atoms with Crippen molar-refractivity contribution >= 4 is 27.7 Å². The van der Waals surface area contributed by atoms with E-state index in [0.717, 1.165) is 11.8 Å². The molecule has 0 amide bonds. The van der Waals surface area contributed by atoms with Gasteiger partial charge >= 0.3 is 0 Å². The van der Waals surface area contributed by atoms with Gasteiger partial charge in [-0.3, -0.25) is 0 Å². The Morgan fingerprint density at radius 1 is 1.23 bits per heavy atom. The highest BCUT2D eigenvalue weighted by molar-refractivity contribution is 9.09. The van der Waals surface area contributed by atoms with E-state index in [2.05, 4.69) is 54.0 Å². The maximum Gasteiger partial charge on any atom is 0.00747 e. The second-order valence-electron chi connectivity index (χ2n) is 3.25. The molecule has 0 nitrogen and oxygen atoms in total. The van der Waals surface area contributed by atoms with Crippen molar-refractivity contribution in [3.05, 3.63) is 29.8 Å². The molecule has 0 unspecified atom stereocenters. The number of thioether (sulfide) groups is 1. The van der Waals surface area contributed by atoms with Crippen LogP contribution in [0, 0.1) is 0 Å². The van der Waals surface area contributed by atoms with E-state index in [4.69, 9.17) is 0 Å². The van der Waals surface area contributed by atoms with Gasteiger partial charge in [-0.15, -0.1) is 11.8 Å². The number of aryl methyl sites for hydroxylation is 1. The first kappa shape index (κ1) is 11.1. The van der Waals surface area contributed by atoms with Crippen LogP contribution in [0.25, 0.3) is 0 Å². The SMILES string of the molecule is CC(C)Sc1ccc(CCBr)cc1. The molecule has 0 radical (unpaired) electrons. The second kappa shape index (κ2) is 5.71. The first-order valence-corrected chi connectivity index (χ1v) is 6.54. The van der Waals surface area contributed by atoms with Gasteiger partial charge in [-0.05, 0) is 24.1 Å². The van der Waals surface area contributed by atoms with E-state index in [1.165, 1.54) is 10.5 Å². The van der Waals surface area contributed by atoms with Crippen LogP contribution in [0.15, 0.2) is 29.2 Å². The van der Waals surface area contributed by atoms with E-state index < -0.39 is 0 Å². The van der Waals surface area contributed by atoms with E-state index in [0.29, 0.717) is 5.25 Å². The van der Waals surface area contributed by atoms with Gasteiger partial charge in [0.1, 0.15) is 0 Å². The van der Waals surface area contributed by atoms with E-state index in [1.54, 1.807) is 0 Å². The number of hydrogen-bond donors (Lipinski definition) is 0. The van der Waals surface area contributed by atoms with Crippen molar-refractivity contribution in [1.82, 2.24) is 0 Å². The van der Waals surface area contributed by atoms with E-state index in [9.17, 15) is 0 Å². The highest BCUT2D eigenvalue weighted by Gasteiger charge is 1.97. The molecule has 0 aromatic heterocycles. The van der Waals surface area contributed by atoms with E-state index in [-0.39, 0.29) is 0 Å². The molecule has 13 heavy (non-hydrogen) atoms. The third-order valence-corrected chi connectivity index (χ3v) is 3.09. The molecular weight excluding hydrogens is 244 g/mol. The molecule has 0 spiro atoms. The zero-order valence-electron chi connectivity index (χ0n) is 8.09. The van der Waals surface area contributed by atoms with Crippen LogP contribution >= 0.6 is 27.7 Å². The summed E-state index contributed by atoms with van der Waals surface area (Å²) in [6, 6.07) is 8.85. The average molecular weight is 259 g/mol. The minimum atomic E-state index is 0.669. The molecule has 0 aliphatic carbocycles. The first-order chi connectivity index (χ1) is 6.22. The van der Waals surface area contributed by atoms with Gasteiger partial charge in [0.25, 0.3) is 0 Å². The highest BCUT2D eigenvalue weighted by Crippen LogP contribution is 2.22. The summed E-state index contributed by atoms with van der Waals surface area (Å²) in [6.07, 6.45) is 1.12. The Labute approximate surface area is 93.2 Å². The summed E-state index contributed by atoms with van der Waals surface area (Å²) < 4.78 is 0. The standard InChI is InChI=1S/C11H15BrS/c1-9(2)13-11-5-3-10(4-6-11)7-8-12/h3-6,9H,7-8H2,1-2H3. The minimum Gasteiger partial charge on any atom is -0.123 e. The lowest BCUT2D eigenvalue weighted by molar-refractivity contribution is 1.10. The predicted octanol–water partition coefficient (Wildman–Crippen LogP) is 4.12. The van der Waals surface area contributed by atoms with Crippen LogP contribution in [0.3, 0.4) is 0 Å². The van der Waals surface area contributed by atoms with Crippen LogP contribution in [0.5, 0.6) is 0 Å². The molecule has 0 saturated heterocycles. The first-order valence-electron chi connectivity index (χ1n) is 4.54. The van der Waals surface area contributed by atoms with Crippen LogP contribution < -0.4 is 0 Å². The van der Waals surface area contributed by atoms with Gasteiger partial charge in [-0.2, -0.15) is 0 Å². The van der Waals surface area contributed by atoms with Crippen molar-refractivity contribution in [2.75, 3.05) is 5.33 Å². The van der Waals surface area contributed by atoms with Crippen molar-refractivity contribution < 1.29 is 0 Å². The lowest BCUT2D eigenvalue weighted by Gasteiger charge is -2.05. The molecule has 0 aliphatic heterocycles. The van der Waals surface area contributed by atoms with Crippen molar-refractivity contribution in [3.8, 4) is 0 Å². The molecule has 1 rings (SSSR count). The van der Waals surface area contributed by atoms with Gasteiger partial charge in [-0.25, -0.2) is 0 Å². The van der Waals surface area contributed by atoms with Crippen LogP contribution in [0.1, 0.15) is 19.4 Å². The van der Waals surface area contributed by atoms with Crippen LogP contribution in [0.4, 0.5) is 0 Å². The average Bonchev–Trinajstić information content (AvgIpc) is 2.08. The summed E-state index contributed by atoms with van der Waals surface area (Å²) in [5.41, 5.74) is 1.41. The summed E-state index contributed by atoms with van der Waals surface area (Å²) in [6.45, 7) is 4.44. The molecule has 0 aliphatic rings. The Kier molecular flexibility index (Phi) is 4.89. The van der Waals surface area contributed by atoms with Gasteiger partial charge in [0.05, 0.1) is 0 Å². The van der Waals surface area contributed by atoms with Crippen LogP contribution in [0.2, 0.25) is 0 Å². The zero-order chi connectivity index (χ0) is 9.68. The fraction of sp³-hybridized carbons (Fsp3) is 0.455. The molecule has 1 aromatic carbocycles. The quantitative estimate of drug-likeness (QED) is 0.579. The van der Waals surface area contributed by atoms with Crippen LogP contribution in [-0.4, -0.2) is 10.6 Å². The lowest BCUT2D eigenvalue weighted by atomic mass is 10.2. The summed E-state index contributed by atoms with van der Waals surface area (Å²) in [5, 5.41) is 1.71. The Morgan fingerprint density at radius 2 is 1.85 bits per heavy atom. The molecule has 72 valence electrons. The molecule has 0 heterocycles. The van der Waals surface area contributed by atoms with Crippen molar-refractivity contribution in [2.45, 2.75) is 30.4 Å². The van der Waals surface area contributed by atoms with Crippen molar-refractivity contribution in [3.63, 3.8) is 0 Å². The predicted molar refractivity (Wildman–Crippen MR) is 64.9 cm³/mol. The molecule has 0 atom stereocenters. The second-order valence-corrected chi connectivity index (χ2v) is 5.69. The molecule has 0 saturated carbocycles. The van der Waals surface area contributed by atoms with Gasteiger partial charge in [0.2, 0.25) is 0 Å². The summed E-state index contributed by atoms with van der Waals surface area (Å²) in [4.78, 5) is 1.37. The number of rotatable bonds is 4. The van der Waals surface area contributed by atoms with Gasteiger partial charge in [0.15, 0.2) is 0 Å². The molecule has 0 N–H and O–H groups in total. The number of hydrogen-bond acceptors (Lipinski definition) is 1. The normalized spacial score (nSPS) is 10.8. The zero-order valence-corrected chi connectivity index (χ0v) is 10.5. The van der Waals surface area contributed by atoms with Gasteiger partial charge in [0, 0.05) is 15.5 Å². The molecule has 2 heteroatoms. The molecule has 0 bridgehead atoms. The maximum absolute atomic E-state index is 3.44. The fourth-order valence-corrected chi connectivity index (χ4v) is 2.41. The Balaban J connectivity index is 2.59. The fourth-order valence-electron chi connectivity index (χ4n) is 1.12. The third kappa shape index (κ3) is 4.19. The Bertz CT molecular complexity index is 241. The summed E-state index contributed by atoms with van der Waals surface area (Å²) in [5.74, 6) is 0. The Morgan fingerprint density at radius 3 is 2.31 bits per heavy atom. The lowest BCUT2D eigenvalue weighted by Crippen LogP contribution is -1.88.